The van der Waals surface area contributed by atoms with Gasteiger partial charge in [0.2, 0.25) is 5.95 Å². The first kappa shape index (κ1) is 23.4. The van der Waals surface area contributed by atoms with Crippen LogP contribution in [-0.2, 0) is 25.5 Å². The van der Waals surface area contributed by atoms with E-state index >= 15 is 0 Å². The molecule has 3 heterocycles. The lowest BCUT2D eigenvalue weighted by Gasteiger charge is -2.32. The Balaban J connectivity index is 1.52. The third-order valence-electron chi connectivity index (χ3n) is 5.99. The minimum absolute atomic E-state index is 0.0849. The van der Waals surface area contributed by atoms with E-state index in [9.17, 15) is 9.59 Å². The van der Waals surface area contributed by atoms with Crippen LogP contribution in [0.2, 0.25) is 5.02 Å². The molecule has 176 valence electrons. The highest BCUT2D eigenvalue weighted by molar-refractivity contribution is 6.32. The van der Waals surface area contributed by atoms with E-state index in [1.165, 1.54) is 6.92 Å². The Morgan fingerprint density at radius 2 is 2.06 bits per heavy atom. The molecule has 1 atom stereocenters. The van der Waals surface area contributed by atoms with E-state index in [-0.39, 0.29) is 24.4 Å². The van der Waals surface area contributed by atoms with E-state index in [0.717, 1.165) is 42.9 Å². The molecule has 4 rings (SSSR count). The molecule has 2 aliphatic heterocycles. The van der Waals surface area contributed by atoms with Crippen LogP contribution < -0.4 is 15.1 Å². The van der Waals surface area contributed by atoms with Crippen molar-refractivity contribution in [2.45, 2.75) is 38.4 Å². The number of likely N-dealkylation sites (N-methyl/N-ethyl adjacent to an activating group) is 1. The van der Waals surface area contributed by atoms with Crippen LogP contribution in [0.15, 0.2) is 24.4 Å². The number of Topliss-reactive ketones (excluding diaryl/α,β-unsaturated/α-hetero) is 1. The molecule has 2 aliphatic rings. The largest absolute Gasteiger partial charge is 0.381 e. The summed E-state index contributed by atoms with van der Waals surface area (Å²) in [6, 6.07) is 5.70. The van der Waals surface area contributed by atoms with Gasteiger partial charge in [0.1, 0.15) is 17.7 Å². The number of amides is 1. The zero-order chi connectivity index (χ0) is 23.5. The van der Waals surface area contributed by atoms with Gasteiger partial charge in [-0.05, 0) is 43.5 Å². The van der Waals surface area contributed by atoms with Gasteiger partial charge in [0.05, 0.1) is 12.3 Å². The number of aromatic nitrogens is 2. The molecule has 1 unspecified atom stereocenters. The highest BCUT2D eigenvalue weighted by atomic mass is 35.5. The summed E-state index contributed by atoms with van der Waals surface area (Å²) in [7, 11) is 3.45. The lowest BCUT2D eigenvalue weighted by Crippen LogP contribution is -2.44. The number of nitrogens with one attached hydrogen (secondary N) is 1. The normalized spacial score (nSPS) is 18.9. The fraction of sp³-hybridized carbons (Fsp3) is 0.478. The standard InChI is InChI=1S/C23H28ClN5O4/c1-14(30)13-33-20-11-15-10-16(4-5-19(15)28(2)22(20)31)26-21-18(24)12-25-23(27-21)29-8-6-17(32-3)7-9-29/h4-5,10,12,17,20H,6-9,11,13H2,1-3H3,(H,25,26,27). The predicted octanol–water partition coefficient (Wildman–Crippen LogP) is 2.98. The quantitative estimate of drug-likeness (QED) is 0.655. The van der Waals surface area contributed by atoms with E-state index in [4.69, 9.17) is 21.1 Å². The van der Waals surface area contributed by atoms with E-state index < -0.39 is 6.10 Å². The Morgan fingerprint density at radius 3 is 2.76 bits per heavy atom. The molecular formula is C23H28ClN5O4. The van der Waals surface area contributed by atoms with E-state index in [1.54, 1.807) is 25.3 Å². The van der Waals surface area contributed by atoms with Gasteiger partial charge in [-0.3, -0.25) is 9.59 Å². The maximum absolute atomic E-state index is 12.6. The van der Waals surface area contributed by atoms with Gasteiger partial charge in [0.15, 0.2) is 11.6 Å². The maximum atomic E-state index is 12.6. The lowest BCUT2D eigenvalue weighted by molar-refractivity contribution is -0.134. The molecule has 1 fully saturated rings. The topological polar surface area (TPSA) is 96.9 Å². The summed E-state index contributed by atoms with van der Waals surface area (Å²) in [5, 5.41) is 3.70. The molecule has 9 nitrogen and oxygen atoms in total. The molecule has 33 heavy (non-hydrogen) atoms. The van der Waals surface area contributed by atoms with Gasteiger partial charge in [-0.15, -0.1) is 0 Å². The molecule has 0 bridgehead atoms. The van der Waals surface area contributed by atoms with E-state index in [1.807, 2.05) is 18.2 Å². The Kier molecular flexibility index (Phi) is 7.11. The average molecular weight is 474 g/mol. The van der Waals surface area contributed by atoms with Gasteiger partial charge in [0, 0.05) is 45.0 Å². The van der Waals surface area contributed by atoms with E-state index in [0.29, 0.717) is 23.2 Å². The molecule has 0 spiro atoms. The monoisotopic (exact) mass is 473 g/mol. The van der Waals surface area contributed by atoms with Crippen molar-refractivity contribution in [1.82, 2.24) is 9.97 Å². The van der Waals surface area contributed by atoms with Crippen LogP contribution in [0.1, 0.15) is 25.3 Å². The summed E-state index contributed by atoms with van der Waals surface area (Å²) >= 11 is 6.38. The maximum Gasteiger partial charge on any atom is 0.256 e. The number of fused-ring (bicyclic) bond motifs is 1. The SMILES string of the molecule is COC1CCN(c2ncc(Cl)c(Nc3ccc4c(c3)CC(OCC(C)=O)C(=O)N4C)n2)CC1. The Morgan fingerprint density at radius 1 is 1.30 bits per heavy atom. The van der Waals surface area contributed by atoms with Crippen LogP contribution in [0.25, 0.3) is 0 Å². The second-order valence-electron chi connectivity index (χ2n) is 8.36. The van der Waals surface area contributed by atoms with Gasteiger partial charge >= 0.3 is 0 Å². The molecule has 0 aliphatic carbocycles. The molecule has 10 heteroatoms. The van der Waals surface area contributed by atoms with Crippen LogP contribution in [0.3, 0.4) is 0 Å². The number of carbonyl (C=O) groups excluding carboxylic acids is 2. The summed E-state index contributed by atoms with van der Waals surface area (Å²) in [6.45, 7) is 2.99. The summed E-state index contributed by atoms with van der Waals surface area (Å²) in [4.78, 5) is 36.6. The smallest absolute Gasteiger partial charge is 0.256 e. The summed E-state index contributed by atoms with van der Waals surface area (Å²) in [5.41, 5.74) is 2.53. The molecule has 0 radical (unpaired) electrons. The first-order chi connectivity index (χ1) is 15.9. The van der Waals surface area contributed by atoms with Crippen molar-refractivity contribution < 1.29 is 19.1 Å². The number of nitrogens with zero attached hydrogens (tertiary/aromatic N) is 4. The van der Waals surface area contributed by atoms with E-state index in [2.05, 4.69) is 20.2 Å². The first-order valence-electron chi connectivity index (χ1n) is 10.9. The summed E-state index contributed by atoms with van der Waals surface area (Å²) < 4.78 is 11.0. The van der Waals surface area contributed by atoms with Gasteiger partial charge in [0.25, 0.3) is 5.91 Å². The second kappa shape index (κ2) is 10.0. The van der Waals surface area contributed by atoms with Crippen molar-refractivity contribution in [3.63, 3.8) is 0 Å². The molecule has 1 aromatic carbocycles. The van der Waals surface area contributed by atoms with Crippen molar-refractivity contribution in [3.8, 4) is 0 Å². The van der Waals surface area contributed by atoms with Crippen LogP contribution in [0.5, 0.6) is 0 Å². The first-order valence-corrected chi connectivity index (χ1v) is 11.3. The van der Waals surface area contributed by atoms with Crippen molar-refractivity contribution in [3.05, 3.63) is 35.0 Å². The van der Waals surface area contributed by atoms with Crippen molar-refractivity contribution in [2.24, 2.45) is 0 Å². The molecule has 1 N–H and O–H groups in total. The van der Waals surface area contributed by atoms with Gasteiger partial charge < -0.3 is 24.6 Å². The molecule has 1 saturated heterocycles. The third-order valence-corrected chi connectivity index (χ3v) is 6.27. The van der Waals surface area contributed by atoms with Crippen molar-refractivity contribution >= 4 is 46.4 Å². The Hall–Kier alpha value is -2.75. The number of carbonyl (C=O) groups is 2. The molecule has 1 amide bonds. The minimum atomic E-state index is -0.689. The zero-order valence-corrected chi connectivity index (χ0v) is 19.8. The Bertz CT molecular complexity index is 1040. The number of rotatable bonds is 7. The van der Waals surface area contributed by atoms with Gasteiger partial charge in [-0.1, -0.05) is 11.6 Å². The number of methoxy groups -OCH3 is 1. The number of hydrogen-bond donors (Lipinski definition) is 1. The number of piperidine rings is 1. The minimum Gasteiger partial charge on any atom is -0.381 e. The molecular weight excluding hydrogens is 446 g/mol. The fourth-order valence-corrected chi connectivity index (χ4v) is 4.29. The number of ketones is 1. The highest BCUT2D eigenvalue weighted by Gasteiger charge is 2.32. The third kappa shape index (κ3) is 5.26. The number of anilines is 4. The van der Waals surface area contributed by atoms with Crippen LogP contribution in [0.4, 0.5) is 23.1 Å². The van der Waals surface area contributed by atoms with Gasteiger partial charge in [-0.2, -0.15) is 4.98 Å². The number of ether oxygens (including phenoxy) is 2. The van der Waals surface area contributed by atoms with Crippen LogP contribution >= 0.6 is 11.6 Å². The summed E-state index contributed by atoms with van der Waals surface area (Å²) in [6.07, 6.45) is 3.43. The van der Waals surface area contributed by atoms with Crippen molar-refractivity contribution in [2.75, 3.05) is 49.0 Å². The van der Waals surface area contributed by atoms with Crippen molar-refractivity contribution in [1.29, 1.82) is 0 Å². The molecule has 1 aromatic heterocycles. The number of halogens is 1. The van der Waals surface area contributed by atoms with Crippen LogP contribution in [0, 0.1) is 0 Å². The zero-order valence-electron chi connectivity index (χ0n) is 19.0. The Labute approximate surface area is 198 Å². The van der Waals surface area contributed by atoms with Crippen LogP contribution in [-0.4, -0.2) is 67.7 Å². The number of benzene rings is 1. The number of hydrogen-bond acceptors (Lipinski definition) is 8. The fourth-order valence-electron chi connectivity index (χ4n) is 4.15. The average Bonchev–Trinajstić information content (AvgIpc) is 2.82. The highest BCUT2D eigenvalue weighted by Crippen LogP contribution is 2.33. The molecule has 2 aromatic rings. The molecule has 0 saturated carbocycles. The second-order valence-corrected chi connectivity index (χ2v) is 8.77. The summed E-state index contributed by atoms with van der Waals surface area (Å²) in [5.74, 6) is 0.857. The lowest BCUT2D eigenvalue weighted by atomic mass is 9.98. The predicted molar refractivity (Wildman–Crippen MR) is 127 cm³/mol. The van der Waals surface area contributed by atoms with Gasteiger partial charge in [-0.25, -0.2) is 4.98 Å².